The van der Waals surface area contributed by atoms with Crippen molar-refractivity contribution < 1.29 is 9.72 Å². The van der Waals surface area contributed by atoms with Crippen molar-refractivity contribution in [1.29, 1.82) is 0 Å². The average Bonchev–Trinajstić information content (AvgIpc) is 2.63. The summed E-state index contributed by atoms with van der Waals surface area (Å²) in [5.41, 5.74) is 6.20. The van der Waals surface area contributed by atoms with E-state index in [2.05, 4.69) is 0 Å². The topological polar surface area (TPSA) is 89.5 Å². The Morgan fingerprint density at radius 3 is 2.48 bits per heavy atom. The molecule has 6 nitrogen and oxygen atoms in total. The lowest BCUT2D eigenvalue weighted by atomic mass is 10.0. The summed E-state index contributed by atoms with van der Waals surface area (Å²) in [4.78, 5) is 27.0. The van der Waals surface area contributed by atoms with Gasteiger partial charge in [0.15, 0.2) is 0 Å². The Hall–Kier alpha value is -2.38. The normalized spacial score (nSPS) is 15.2. The zero-order valence-corrected chi connectivity index (χ0v) is 14.4. The number of non-ortho nitro benzene ring substituents is 1. The Morgan fingerprint density at radius 1 is 1.16 bits per heavy atom. The van der Waals surface area contributed by atoms with Crippen LogP contribution in [0, 0.1) is 10.1 Å². The van der Waals surface area contributed by atoms with Crippen LogP contribution in [0.3, 0.4) is 0 Å². The molecule has 130 valence electrons. The first-order valence-corrected chi connectivity index (χ1v) is 8.92. The molecular formula is C18H19N3O3S. The monoisotopic (exact) mass is 357 g/mol. The number of benzene rings is 2. The Balaban J connectivity index is 1.92. The van der Waals surface area contributed by atoms with E-state index in [1.807, 2.05) is 30.3 Å². The van der Waals surface area contributed by atoms with E-state index in [-0.39, 0.29) is 17.6 Å². The van der Waals surface area contributed by atoms with E-state index in [0.29, 0.717) is 18.7 Å². The highest BCUT2D eigenvalue weighted by Crippen LogP contribution is 2.33. The number of hydrogen-bond donors (Lipinski definition) is 1. The average molecular weight is 357 g/mol. The van der Waals surface area contributed by atoms with Crippen molar-refractivity contribution in [2.45, 2.75) is 28.7 Å². The number of amides is 1. The second-order valence-electron chi connectivity index (χ2n) is 5.98. The van der Waals surface area contributed by atoms with E-state index in [0.717, 1.165) is 22.6 Å². The minimum absolute atomic E-state index is 0.0746. The van der Waals surface area contributed by atoms with E-state index >= 15 is 0 Å². The molecular weight excluding hydrogens is 338 g/mol. The van der Waals surface area contributed by atoms with Crippen LogP contribution < -0.4 is 5.73 Å². The molecule has 1 aliphatic rings. The maximum atomic E-state index is 12.9. The molecule has 2 aromatic carbocycles. The highest BCUT2D eigenvalue weighted by molar-refractivity contribution is 7.99. The van der Waals surface area contributed by atoms with Gasteiger partial charge in [0.2, 0.25) is 0 Å². The van der Waals surface area contributed by atoms with Gasteiger partial charge in [-0.2, -0.15) is 0 Å². The van der Waals surface area contributed by atoms with Crippen LogP contribution in [0.5, 0.6) is 0 Å². The summed E-state index contributed by atoms with van der Waals surface area (Å²) in [7, 11) is 0. The lowest BCUT2D eigenvalue weighted by Gasteiger charge is -2.30. The predicted octanol–water partition coefficient (Wildman–Crippen LogP) is 3.31. The molecule has 1 heterocycles. The van der Waals surface area contributed by atoms with E-state index in [9.17, 15) is 14.9 Å². The van der Waals surface area contributed by atoms with Gasteiger partial charge in [-0.15, -0.1) is 0 Å². The second-order valence-corrected chi connectivity index (χ2v) is 7.10. The molecule has 0 atom stereocenters. The summed E-state index contributed by atoms with van der Waals surface area (Å²) in [6.45, 7) is 1.16. The summed E-state index contributed by atoms with van der Waals surface area (Å²) < 4.78 is 0. The van der Waals surface area contributed by atoms with E-state index in [4.69, 9.17) is 5.73 Å². The molecule has 7 heteroatoms. The number of nitro groups is 1. The number of nitrogens with two attached hydrogens (primary N) is 1. The number of piperidine rings is 1. The van der Waals surface area contributed by atoms with Gasteiger partial charge in [-0.3, -0.25) is 14.9 Å². The highest BCUT2D eigenvalue weighted by Gasteiger charge is 2.25. The standard InChI is InChI=1S/C18H19N3O3S/c19-13-8-10-20(11-9-13)18(22)16-12-14(21(23)24)6-7-17(16)25-15-4-2-1-3-5-15/h1-7,12-13H,8-11,19H2. The molecule has 0 bridgehead atoms. The Morgan fingerprint density at radius 2 is 1.84 bits per heavy atom. The molecule has 3 rings (SSSR count). The van der Waals surface area contributed by atoms with Crippen LogP contribution in [0.2, 0.25) is 0 Å². The molecule has 0 radical (unpaired) electrons. The summed E-state index contributed by atoms with van der Waals surface area (Å²) in [6, 6.07) is 14.2. The van der Waals surface area contributed by atoms with Crippen molar-refractivity contribution in [3.05, 3.63) is 64.2 Å². The van der Waals surface area contributed by atoms with Crippen LogP contribution in [-0.2, 0) is 0 Å². The van der Waals surface area contributed by atoms with Crippen LogP contribution in [0.15, 0.2) is 58.3 Å². The Bertz CT molecular complexity index is 774. The molecule has 0 aromatic heterocycles. The summed E-state index contributed by atoms with van der Waals surface area (Å²) in [5.74, 6) is -0.172. The number of likely N-dealkylation sites (tertiary alicyclic amines) is 1. The summed E-state index contributed by atoms with van der Waals surface area (Å²) in [6.07, 6.45) is 1.50. The van der Waals surface area contributed by atoms with Gasteiger partial charge in [-0.25, -0.2) is 0 Å². The molecule has 0 spiro atoms. The third kappa shape index (κ3) is 4.18. The fraction of sp³-hybridized carbons (Fsp3) is 0.278. The zero-order valence-electron chi connectivity index (χ0n) is 13.6. The maximum Gasteiger partial charge on any atom is 0.270 e. The smallest absolute Gasteiger partial charge is 0.270 e. The number of rotatable bonds is 4. The molecule has 1 fully saturated rings. The van der Waals surface area contributed by atoms with Gasteiger partial charge >= 0.3 is 0 Å². The second kappa shape index (κ2) is 7.67. The summed E-state index contributed by atoms with van der Waals surface area (Å²) >= 11 is 1.43. The SMILES string of the molecule is NC1CCN(C(=O)c2cc([N+](=O)[O-])ccc2Sc2ccccc2)CC1. The lowest BCUT2D eigenvalue weighted by molar-refractivity contribution is -0.384. The molecule has 0 unspecified atom stereocenters. The maximum absolute atomic E-state index is 12.9. The van der Waals surface area contributed by atoms with Gasteiger partial charge in [0.05, 0.1) is 10.5 Å². The van der Waals surface area contributed by atoms with Crippen LogP contribution in [0.25, 0.3) is 0 Å². The van der Waals surface area contributed by atoms with Gasteiger partial charge in [-0.1, -0.05) is 30.0 Å². The van der Waals surface area contributed by atoms with E-state index < -0.39 is 4.92 Å². The first kappa shape index (κ1) is 17.4. The fourth-order valence-corrected chi connectivity index (χ4v) is 3.72. The van der Waals surface area contributed by atoms with Crippen LogP contribution in [-0.4, -0.2) is 34.9 Å². The number of carbonyl (C=O) groups excluding carboxylic acids is 1. The van der Waals surface area contributed by atoms with Crippen LogP contribution in [0.1, 0.15) is 23.2 Å². The van der Waals surface area contributed by atoms with Crippen molar-refractivity contribution in [3.63, 3.8) is 0 Å². The minimum Gasteiger partial charge on any atom is -0.338 e. The first-order valence-electron chi connectivity index (χ1n) is 8.11. The fourth-order valence-electron chi connectivity index (χ4n) is 2.78. The van der Waals surface area contributed by atoms with Gasteiger partial charge in [0.1, 0.15) is 0 Å². The van der Waals surface area contributed by atoms with Crippen molar-refractivity contribution in [2.24, 2.45) is 5.73 Å². The Labute approximate surface area is 150 Å². The number of nitro benzene ring substituents is 1. The Kier molecular flexibility index (Phi) is 5.35. The van der Waals surface area contributed by atoms with Gasteiger partial charge in [0, 0.05) is 41.1 Å². The molecule has 1 saturated heterocycles. The number of carbonyl (C=O) groups is 1. The molecule has 1 aliphatic heterocycles. The predicted molar refractivity (Wildman–Crippen MR) is 96.8 cm³/mol. The minimum atomic E-state index is -0.472. The van der Waals surface area contributed by atoms with Gasteiger partial charge < -0.3 is 10.6 Å². The zero-order chi connectivity index (χ0) is 17.8. The molecule has 2 N–H and O–H groups in total. The molecule has 2 aromatic rings. The van der Waals surface area contributed by atoms with Crippen molar-refractivity contribution in [1.82, 2.24) is 4.90 Å². The lowest BCUT2D eigenvalue weighted by Crippen LogP contribution is -2.43. The number of hydrogen-bond acceptors (Lipinski definition) is 5. The first-order chi connectivity index (χ1) is 12.0. The third-order valence-corrected chi connectivity index (χ3v) is 5.29. The van der Waals surface area contributed by atoms with E-state index in [1.54, 1.807) is 11.0 Å². The molecule has 25 heavy (non-hydrogen) atoms. The van der Waals surface area contributed by atoms with Gasteiger partial charge in [-0.05, 0) is 31.0 Å². The van der Waals surface area contributed by atoms with E-state index in [1.165, 1.54) is 23.9 Å². The highest BCUT2D eigenvalue weighted by atomic mass is 32.2. The molecule has 0 saturated carbocycles. The van der Waals surface area contributed by atoms with Crippen molar-refractivity contribution >= 4 is 23.4 Å². The van der Waals surface area contributed by atoms with Crippen molar-refractivity contribution in [3.8, 4) is 0 Å². The van der Waals surface area contributed by atoms with Crippen molar-refractivity contribution in [2.75, 3.05) is 13.1 Å². The number of nitrogens with zero attached hydrogens (tertiary/aromatic N) is 2. The molecule has 1 amide bonds. The largest absolute Gasteiger partial charge is 0.338 e. The summed E-state index contributed by atoms with van der Waals surface area (Å²) in [5, 5.41) is 11.1. The van der Waals surface area contributed by atoms with Gasteiger partial charge in [0.25, 0.3) is 11.6 Å². The molecule has 0 aliphatic carbocycles. The van der Waals surface area contributed by atoms with Crippen LogP contribution >= 0.6 is 11.8 Å². The van der Waals surface area contributed by atoms with Crippen LogP contribution in [0.4, 0.5) is 5.69 Å². The third-order valence-electron chi connectivity index (χ3n) is 4.20. The quantitative estimate of drug-likeness (QED) is 0.670.